The molecule has 22 heavy (non-hydrogen) atoms. The maximum atomic E-state index is 12.2. The molecule has 0 aliphatic heterocycles. The molecule has 1 aromatic carbocycles. The van der Waals surface area contributed by atoms with Crippen molar-refractivity contribution in [2.24, 2.45) is 0 Å². The lowest BCUT2D eigenvalue weighted by Gasteiger charge is -2.12. The third-order valence-electron chi connectivity index (χ3n) is 3.03. The molecular formula is C15H16N2O5. The molecule has 2 aromatic rings. The van der Waals surface area contributed by atoms with E-state index in [1.807, 2.05) is 19.1 Å². The van der Waals surface area contributed by atoms with Crippen LogP contribution in [0.3, 0.4) is 0 Å². The Labute approximate surface area is 126 Å². The summed E-state index contributed by atoms with van der Waals surface area (Å²) in [6.45, 7) is 1.80. The molecule has 0 saturated heterocycles. The lowest BCUT2D eigenvalue weighted by atomic mass is 10.1. The fraction of sp³-hybridized carbons (Fsp3) is 0.267. The summed E-state index contributed by atoms with van der Waals surface area (Å²) in [5, 5.41) is 11.4. The molecule has 116 valence electrons. The Morgan fingerprint density at radius 3 is 2.64 bits per heavy atom. The molecule has 7 heteroatoms. The second kappa shape index (κ2) is 6.86. The molecule has 0 fully saturated rings. The first kappa shape index (κ1) is 15.7. The molecular weight excluding hydrogens is 288 g/mol. The van der Waals surface area contributed by atoms with Gasteiger partial charge in [-0.2, -0.15) is 0 Å². The van der Waals surface area contributed by atoms with Gasteiger partial charge in [-0.3, -0.25) is 4.79 Å². The molecule has 7 nitrogen and oxygen atoms in total. The van der Waals surface area contributed by atoms with E-state index < -0.39 is 17.9 Å². The first-order valence-corrected chi connectivity index (χ1v) is 6.56. The van der Waals surface area contributed by atoms with Gasteiger partial charge in [0.05, 0.1) is 6.61 Å². The van der Waals surface area contributed by atoms with Crippen molar-refractivity contribution in [3.8, 4) is 11.3 Å². The van der Waals surface area contributed by atoms with Crippen LogP contribution in [0.1, 0.15) is 16.1 Å². The summed E-state index contributed by atoms with van der Waals surface area (Å²) < 4.78 is 10.0. The predicted octanol–water partition coefficient (Wildman–Crippen LogP) is 1.48. The van der Waals surface area contributed by atoms with Crippen molar-refractivity contribution < 1.29 is 23.8 Å². The number of aryl methyl sites for hydroxylation is 1. The Balaban J connectivity index is 2.23. The van der Waals surface area contributed by atoms with Gasteiger partial charge in [0.1, 0.15) is 0 Å². The van der Waals surface area contributed by atoms with E-state index in [2.05, 4.69) is 10.3 Å². The Hall–Kier alpha value is -2.67. The first-order valence-electron chi connectivity index (χ1n) is 6.56. The number of methoxy groups -OCH3 is 1. The summed E-state index contributed by atoms with van der Waals surface area (Å²) in [7, 11) is 1.36. The molecule has 1 amide bonds. The Kier molecular flexibility index (Phi) is 4.90. The summed E-state index contributed by atoms with van der Waals surface area (Å²) in [5.41, 5.74) is 1.79. The van der Waals surface area contributed by atoms with E-state index in [-0.39, 0.29) is 12.3 Å². The molecule has 1 heterocycles. The number of oxazole rings is 1. The van der Waals surface area contributed by atoms with Crippen LogP contribution in [-0.2, 0) is 9.53 Å². The number of carbonyl (C=O) groups excluding carboxylic acids is 1. The number of carboxylic acid groups (broad SMARTS) is 1. The molecule has 0 spiro atoms. The molecule has 0 bridgehead atoms. The maximum Gasteiger partial charge on any atom is 0.328 e. The minimum absolute atomic E-state index is 0.0335. The highest BCUT2D eigenvalue weighted by Crippen LogP contribution is 2.23. The van der Waals surface area contributed by atoms with Gasteiger partial charge in [-0.05, 0) is 6.92 Å². The fourth-order valence-electron chi connectivity index (χ4n) is 1.89. The van der Waals surface area contributed by atoms with Crippen LogP contribution in [-0.4, -0.2) is 41.7 Å². The third-order valence-corrected chi connectivity index (χ3v) is 3.03. The maximum absolute atomic E-state index is 12.2. The number of hydrogen-bond donors (Lipinski definition) is 2. The summed E-state index contributed by atoms with van der Waals surface area (Å²) in [4.78, 5) is 27.1. The predicted molar refractivity (Wildman–Crippen MR) is 77.4 cm³/mol. The van der Waals surface area contributed by atoms with Crippen LogP contribution in [0.4, 0.5) is 0 Å². The van der Waals surface area contributed by atoms with Crippen molar-refractivity contribution in [1.82, 2.24) is 10.3 Å². The van der Waals surface area contributed by atoms with Crippen LogP contribution in [0, 0.1) is 6.92 Å². The Morgan fingerprint density at radius 2 is 2.05 bits per heavy atom. The number of ether oxygens (including phenoxy) is 1. The van der Waals surface area contributed by atoms with Crippen LogP contribution < -0.4 is 5.32 Å². The SMILES string of the molecule is COCC(NC(=O)c1ncoc1-c1ccc(C)cc1)C(=O)O. The molecule has 0 saturated carbocycles. The van der Waals surface area contributed by atoms with Gasteiger partial charge in [-0.25, -0.2) is 9.78 Å². The van der Waals surface area contributed by atoms with Crippen molar-refractivity contribution >= 4 is 11.9 Å². The smallest absolute Gasteiger partial charge is 0.328 e. The monoisotopic (exact) mass is 304 g/mol. The second-order valence-electron chi connectivity index (χ2n) is 4.72. The molecule has 0 aliphatic rings. The topological polar surface area (TPSA) is 102 Å². The average Bonchev–Trinajstić information content (AvgIpc) is 2.97. The third kappa shape index (κ3) is 3.50. The summed E-state index contributed by atoms with van der Waals surface area (Å²) >= 11 is 0. The standard InChI is InChI=1S/C15H16N2O5/c1-9-3-5-10(6-4-9)13-12(16-8-22-13)14(18)17-11(7-21-2)15(19)20/h3-6,8,11H,7H2,1-2H3,(H,17,18)(H,19,20). The van der Waals surface area contributed by atoms with Crippen LogP contribution in [0.15, 0.2) is 35.1 Å². The number of benzene rings is 1. The zero-order valence-corrected chi connectivity index (χ0v) is 12.2. The van der Waals surface area contributed by atoms with Crippen molar-refractivity contribution in [3.63, 3.8) is 0 Å². The van der Waals surface area contributed by atoms with E-state index in [0.717, 1.165) is 12.0 Å². The summed E-state index contributed by atoms with van der Waals surface area (Å²) in [6.07, 6.45) is 1.15. The van der Waals surface area contributed by atoms with Crippen molar-refractivity contribution in [2.75, 3.05) is 13.7 Å². The van der Waals surface area contributed by atoms with Gasteiger partial charge in [0, 0.05) is 12.7 Å². The van der Waals surface area contributed by atoms with Crippen molar-refractivity contribution in [2.45, 2.75) is 13.0 Å². The first-order chi connectivity index (χ1) is 10.5. The van der Waals surface area contributed by atoms with Crippen LogP contribution in [0.25, 0.3) is 11.3 Å². The van der Waals surface area contributed by atoms with Crippen LogP contribution >= 0.6 is 0 Å². The van der Waals surface area contributed by atoms with Gasteiger partial charge in [-0.15, -0.1) is 0 Å². The van der Waals surface area contributed by atoms with Crippen molar-refractivity contribution in [1.29, 1.82) is 0 Å². The lowest BCUT2D eigenvalue weighted by molar-refractivity contribution is -0.140. The quantitative estimate of drug-likeness (QED) is 0.838. The fourth-order valence-corrected chi connectivity index (χ4v) is 1.89. The zero-order chi connectivity index (χ0) is 16.1. The highest BCUT2D eigenvalue weighted by atomic mass is 16.5. The number of amides is 1. The van der Waals surface area contributed by atoms with Gasteiger partial charge < -0.3 is 19.6 Å². The largest absolute Gasteiger partial charge is 0.480 e. The van der Waals surface area contributed by atoms with Gasteiger partial charge in [0.2, 0.25) is 0 Å². The van der Waals surface area contributed by atoms with E-state index in [1.54, 1.807) is 12.1 Å². The lowest BCUT2D eigenvalue weighted by Crippen LogP contribution is -2.44. The second-order valence-corrected chi connectivity index (χ2v) is 4.72. The number of nitrogens with one attached hydrogen (secondary N) is 1. The van der Waals surface area contributed by atoms with Gasteiger partial charge in [0.25, 0.3) is 5.91 Å². The molecule has 1 aromatic heterocycles. The van der Waals surface area contributed by atoms with Crippen molar-refractivity contribution in [3.05, 3.63) is 41.9 Å². The van der Waals surface area contributed by atoms with E-state index >= 15 is 0 Å². The molecule has 1 unspecified atom stereocenters. The number of carbonyl (C=O) groups is 2. The minimum Gasteiger partial charge on any atom is -0.480 e. The van der Waals surface area contributed by atoms with Gasteiger partial charge in [0.15, 0.2) is 23.9 Å². The van der Waals surface area contributed by atoms with Crippen LogP contribution in [0.5, 0.6) is 0 Å². The summed E-state index contributed by atoms with van der Waals surface area (Å²) in [5.74, 6) is -1.52. The number of rotatable bonds is 6. The molecule has 0 aliphatic carbocycles. The van der Waals surface area contributed by atoms with Crippen LogP contribution in [0.2, 0.25) is 0 Å². The molecule has 2 N–H and O–H groups in total. The van der Waals surface area contributed by atoms with E-state index in [4.69, 9.17) is 14.3 Å². The normalized spacial score (nSPS) is 11.9. The van der Waals surface area contributed by atoms with Gasteiger partial charge >= 0.3 is 5.97 Å². The number of aromatic nitrogens is 1. The zero-order valence-electron chi connectivity index (χ0n) is 12.2. The highest BCUT2D eigenvalue weighted by molar-refractivity contribution is 5.99. The van der Waals surface area contributed by atoms with E-state index in [0.29, 0.717) is 11.3 Å². The number of aliphatic carboxylic acids is 1. The number of carboxylic acids is 1. The van der Waals surface area contributed by atoms with E-state index in [9.17, 15) is 9.59 Å². The minimum atomic E-state index is -1.18. The van der Waals surface area contributed by atoms with E-state index in [1.165, 1.54) is 7.11 Å². The molecule has 1 atom stereocenters. The molecule has 0 radical (unpaired) electrons. The number of hydrogen-bond acceptors (Lipinski definition) is 5. The molecule has 2 rings (SSSR count). The summed E-state index contributed by atoms with van der Waals surface area (Å²) in [6, 6.07) is 6.21. The van der Waals surface area contributed by atoms with Gasteiger partial charge in [-0.1, -0.05) is 29.8 Å². The average molecular weight is 304 g/mol. The highest BCUT2D eigenvalue weighted by Gasteiger charge is 2.24. The number of nitrogens with zero attached hydrogens (tertiary/aromatic N) is 1. The Morgan fingerprint density at radius 1 is 1.36 bits per heavy atom. The Bertz CT molecular complexity index is 663.